The third-order valence-electron chi connectivity index (χ3n) is 3.69. The number of piperazine rings is 1. The molecule has 1 aliphatic rings. The monoisotopic (exact) mass is 279 g/mol. The van der Waals surface area contributed by atoms with E-state index in [0.717, 1.165) is 38.3 Å². The highest BCUT2D eigenvalue weighted by molar-refractivity contribution is 5.74. The number of likely N-dealkylation sites (N-methyl/N-ethyl adjacent to an activating group) is 1. The molecule has 0 saturated carbocycles. The summed E-state index contributed by atoms with van der Waals surface area (Å²) < 4.78 is 13.0. The van der Waals surface area contributed by atoms with Crippen molar-refractivity contribution in [2.24, 2.45) is 0 Å². The van der Waals surface area contributed by atoms with E-state index in [0.29, 0.717) is 13.0 Å². The number of hydrogen-bond donors (Lipinski definition) is 1. The highest BCUT2D eigenvalue weighted by Gasteiger charge is 2.19. The number of amides is 2. The number of halogens is 1. The van der Waals surface area contributed by atoms with Crippen molar-refractivity contribution in [2.45, 2.75) is 13.3 Å². The molecule has 0 radical (unpaired) electrons. The molecule has 20 heavy (non-hydrogen) atoms. The maximum atomic E-state index is 13.0. The van der Waals surface area contributed by atoms with E-state index in [1.54, 1.807) is 6.07 Å². The molecule has 110 valence electrons. The van der Waals surface area contributed by atoms with Crippen LogP contribution < -0.4 is 5.32 Å². The van der Waals surface area contributed by atoms with E-state index in [1.165, 1.54) is 12.1 Å². The normalized spacial score (nSPS) is 16.2. The summed E-state index contributed by atoms with van der Waals surface area (Å²) in [5, 5.41) is 2.90. The van der Waals surface area contributed by atoms with Gasteiger partial charge in [0.05, 0.1) is 0 Å². The van der Waals surface area contributed by atoms with Crippen LogP contribution in [0.3, 0.4) is 0 Å². The van der Waals surface area contributed by atoms with Gasteiger partial charge in [-0.05, 0) is 30.7 Å². The Labute approximate surface area is 119 Å². The summed E-state index contributed by atoms with van der Waals surface area (Å²) in [5.74, 6) is -0.232. The first-order valence-electron chi connectivity index (χ1n) is 7.18. The summed E-state index contributed by atoms with van der Waals surface area (Å²) in [6, 6.07) is 6.48. The molecule has 0 aliphatic carbocycles. The molecular formula is C15H22FN3O. The molecule has 0 atom stereocenters. The minimum atomic E-state index is -0.232. The van der Waals surface area contributed by atoms with Crippen molar-refractivity contribution in [2.75, 3.05) is 39.3 Å². The van der Waals surface area contributed by atoms with E-state index in [-0.39, 0.29) is 11.8 Å². The third-order valence-corrected chi connectivity index (χ3v) is 3.69. The first kappa shape index (κ1) is 14.8. The van der Waals surface area contributed by atoms with Crippen molar-refractivity contribution in [1.82, 2.24) is 15.1 Å². The van der Waals surface area contributed by atoms with E-state index >= 15 is 0 Å². The van der Waals surface area contributed by atoms with Crippen LogP contribution in [0.25, 0.3) is 0 Å². The smallest absolute Gasteiger partial charge is 0.317 e. The molecular weight excluding hydrogens is 257 g/mol. The average molecular weight is 279 g/mol. The van der Waals surface area contributed by atoms with Gasteiger partial charge in [-0.3, -0.25) is 0 Å². The maximum absolute atomic E-state index is 13.0. The Balaban J connectivity index is 1.70. The second-order valence-electron chi connectivity index (χ2n) is 5.03. The Morgan fingerprint density at radius 1 is 1.30 bits per heavy atom. The van der Waals surface area contributed by atoms with Crippen LogP contribution in [-0.2, 0) is 6.42 Å². The van der Waals surface area contributed by atoms with E-state index in [4.69, 9.17) is 0 Å². The molecule has 1 aliphatic heterocycles. The van der Waals surface area contributed by atoms with Gasteiger partial charge >= 0.3 is 6.03 Å². The molecule has 1 N–H and O–H groups in total. The van der Waals surface area contributed by atoms with Crippen molar-refractivity contribution in [3.63, 3.8) is 0 Å². The lowest BCUT2D eigenvalue weighted by Gasteiger charge is -2.34. The van der Waals surface area contributed by atoms with Crippen LogP contribution in [0.5, 0.6) is 0 Å². The predicted octanol–water partition coefficient (Wildman–Crippen LogP) is 1.72. The predicted molar refractivity (Wildman–Crippen MR) is 77.2 cm³/mol. The molecule has 4 nitrogen and oxygen atoms in total. The van der Waals surface area contributed by atoms with Gasteiger partial charge in [0.1, 0.15) is 5.82 Å². The van der Waals surface area contributed by atoms with Crippen molar-refractivity contribution in [3.05, 3.63) is 35.6 Å². The van der Waals surface area contributed by atoms with Crippen molar-refractivity contribution < 1.29 is 9.18 Å². The van der Waals surface area contributed by atoms with Crippen LogP contribution >= 0.6 is 0 Å². The SMILES string of the molecule is CCN1CCN(C(=O)NCCc2cccc(F)c2)CC1. The zero-order valence-corrected chi connectivity index (χ0v) is 11.9. The number of nitrogens with one attached hydrogen (secondary N) is 1. The Morgan fingerprint density at radius 2 is 2.05 bits per heavy atom. The van der Waals surface area contributed by atoms with Gasteiger partial charge in [-0.2, -0.15) is 0 Å². The number of hydrogen-bond acceptors (Lipinski definition) is 2. The largest absolute Gasteiger partial charge is 0.338 e. The molecule has 1 fully saturated rings. The van der Waals surface area contributed by atoms with Crippen LogP contribution in [0.2, 0.25) is 0 Å². The topological polar surface area (TPSA) is 35.6 Å². The third kappa shape index (κ3) is 4.20. The number of rotatable bonds is 4. The Morgan fingerprint density at radius 3 is 2.70 bits per heavy atom. The van der Waals surface area contributed by atoms with E-state index in [1.807, 2.05) is 11.0 Å². The maximum Gasteiger partial charge on any atom is 0.317 e. The van der Waals surface area contributed by atoms with Crippen molar-refractivity contribution in [3.8, 4) is 0 Å². The van der Waals surface area contributed by atoms with Crippen LogP contribution in [-0.4, -0.2) is 55.1 Å². The quantitative estimate of drug-likeness (QED) is 0.911. The highest BCUT2D eigenvalue weighted by Crippen LogP contribution is 2.04. The zero-order chi connectivity index (χ0) is 14.4. The summed E-state index contributed by atoms with van der Waals surface area (Å²) in [6.45, 7) is 7.14. The number of benzene rings is 1. The number of carbonyl (C=O) groups is 1. The van der Waals surface area contributed by atoms with Gasteiger partial charge in [0.2, 0.25) is 0 Å². The van der Waals surface area contributed by atoms with Gasteiger partial charge in [-0.1, -0.05) is 19.1 Å². The van der Waals surface area contributed by atoms with Gasteiger partial charge < -0.3 is 15.1 Å². The fraction of sp³-hybridized carbons (Fsp3) is 0.533. The van der Waals surface area contributed by atoms with Crippen LogP contribution in [0.15, 0.2) is 24.3 Å². The second kappa shape index (κ2) is 7.24. The van der Waals surface area contributed by atoms with Gasteiger partial charge in [-0.25, -0.2) is 9.18 Å². The molecule has 0 aromatic heterocycles. The number of urea groups is 1. The molecule has 0 bridgehead atoms. The fourth-order valence-corrected chi connectivity index (χ4v) is 2.39. The van der Waals surface area contributed by atoms with E-state index < -0.39 is 0 Å². The minimum absolute atomic E-state index is 0.0165. The van der Waals surface area contributed by atoms with Crippen LogP contribution in [0.4, 0.5) is 9.18 Å². The first-order valence-corrected chi connectivity index (χ1v) is 7.18. The molecule has 2 amide bonds. The van der Waals surface area contributed by atoms with Crippen LogP contribution in [0, 0.1) is 5.82 Å². The fourth-order valence-electron chi connectivity index (χ4n) is 2.39. The number of carbonyl (C=O) groups excluding carboxylic acids is 1. The average Bonchev–Trinajstić information content (AvgIpc) is 2.47. The molecule has 5 heteroatoms. The van der Waals surface area contributed by atoms with Crippen molar-refractivity contribution in [1.29, 1.82) is 0 Å². The summed E-state index contributed by atoms with van der Waals surface area (Å²) >= 11 is 0. The molecule has 0 unspecified atom stereocenters. The first-order chi connectivity index (χ1) is 9.69. The van der Waals surface area contributed by atoms with Gasteiger partial charge in [0, 0.05) is 32.7 Å². The second-order valence-corrected chi connectivity index (χ2v) is 5.03. The summed E-state index contributed by atoms with van der Waals surface area (Å²) in [4.78, 5) is 16.1. The molecule has 1 heterocycles. The Hall–Kier alpha value is -1.62. The Kier molecular flexibility index (Phi) is 5.35. The summed E-state index contributed by atoms with van der Waals surface area (Å²) in [5.41, 5.74) is 0.904. The van der Waals surface area contributed by atoms with Crippen molar-refractivity contribution >= 4 is 6.03 Å². The van der Waals surface area contributed by atoms with Gasteiger partial charge in [0.15, 0.2) is 0 Å². The number of nitrogens with zero attached hydrogens (tertiary/aromatic N) is 2. The molecule has 2 rings (SSSR count). The highest BCUT2D eigenvalue weighted by atomic mass is 19.1. The van der Waals surface area contributed by atoms with Gasteiger partial charge in [-0.15, -0.1) is 0 Å². The molecule has 1 aromatic carbocycles. The zero-order valence-electron chi connectivity index (χ0n) is 11.9. The lowest BCUT2D eigenvalue weighted by molar-refractivity contribution is 0.143. The molecule has 1 saturated heterocycles. The minimum Gasteiger partial charge on any atom is -0.338 e. The van der Waals surface area contributed by atoms with E-state index in [2.05, 4.69) is 17.1 Å². The van der Waals surface area contributed by atoms with Crippen LogP contribution in [0.1, 0.15) is 12.5 Å². The van der Waals surface area contributed by atoms with Gasteiger partial charge in [0.25, 0.3) is 0 Å². The van der Waals surface area contributed by atoms with E-state index in [9.17, 15) is 9.18 Å². The standard InChI is InChI=1S/C15H22FN3O/c1-2-18-8-10-19(11-9-18)15(20)17-7-6-13-4-3-5-14(16)12-13/h3-5,12H,2,6-11H2,1H3,(H,17,20). The molecule has 0 spiro atoms. The summed E-state index contributed by atoms with van der Waals surface area (Å²) in [6.07, 6.45) is 0.651. The summed E-state index contributed by atoms with van der Waals surface area (Å²) in [7, 11) is 0. The Bertz CT molecular complexity index is 444. The lowest BCUT2D eigenvalue weighted by atomic mass is 10.1. The molecule has 1 aromatic rings. The lowest BCUT2D eigenvalue weighted by Crippen LogP contribution is -2.51.